The van der Waals surface area contributed by atoms with Crippen LogP contribution in [0.4, 0.5) is 20.3 Å². The number of esters is 1. The van der Waals surface area contributed by atoms with Crippen LogP contribution < -0.4 is 5.73 Å². The van der Waals surface area contributed by atoms with Crippen LogP contribution in [0.2, 0.25) is 0 Å². The molecule has 2 N–H and O–H groups in total. The van der Waals surface area contributed by atoms with Gasteiger partial charge in [0.1, 0.15) is 0 Å². The highest BCUT2D eigenvalue weighted by atomic mass is 19.3. The van der Waals surface area contributed by atoms with Crippen LogP contribution in [0.5, 0.6) is 0 Å². The minimum Gasteiger partial charge on any atom is -0.466 e. The molecule has 0 atom stereocenters. The Hall–Kier alpha value is -2.32. The average molecular weight is 275 g/mol. The summed E-state index contributed by atoms with van der Waals surface area (Å²) in [5, 5.41) is 10.7. The fraction of sp³-hybridized carbons (Fsp3) is 0.400. The van der Waals surface area contributed by atoms with Gasteiger partial charge in [-0.3, -0.25) is 4.79 Å². The highest BCUT2D eigenvalue weighted by Crippen LogP contribution is 2.31. The molecule has 0 aliphatic carbocycles. The topological polar surface area (TPSA) is 108 Å². The molecule has 0 aromatic carbocycles. The molecule has 1 heterocycles. The van der Waals surface area contributed by atoms with E-state index >= 15 is 0 Å². The zero-order valence-corrected chi connectivity index (χ0v) is 9.93. The molecule has 0 saturated heterocycles. The lowest BCUT2D eigenvalue weighted by molar-refractivity contribution is -0.390. The predicted octanol–water partition coefficient (Wildman–Crippen LogP) is 1.62. The van der Waals surface area contributed by atoms with Gasteiger partial charge < -0.3 is 20.6 Å². The number of rotatable bonds is 5. The van der Waals surface area contributed by atoms with E-state index in [-0.39, 0.29) is 12.2 Å². The third-order valence-electron chi connectivity index (χ3n) is 2.27. The number of nitro groups is 1. The number of nitrogen functional groups attached to an aromatic ring is 1. The molecule has 0 unspecified atom stereocenters. The predicted molar refractivity (Wildman–Crippen MR) is 60.6 cm³/mol. The number of anilines is 1. The van der Waals surface area contributed by atoms with E-state index in [1.54, 1.807) is 6.92 Å². The number of nitrogens with two attached hydrogens (primary N) is 1. The Balaban J connectivity index is 3.26. The molecule has 1 rings (SSSR count). The van der Waals surface area contributed by atoms with Gasteiger partial charge in [-0.05, 0) is 16.8 Å². The number of carbonyl (C=O) groups is 1. The molecule has 7 nitrogen and oxygen atoms in total. The van der Waals surface area contributed by atoms with Crippen molar-refractivity contribution in [2.75, 3.05) is 12.3 Å². The molecule has 0 radical (unpaired) electrons. The van der Waals surface area contributed by atoms with Crippen LogP contribution in [0.1, 0.15) is 24.5 Å². The van der Waals surface area contributed by atoms with Gasteiger partial charge in [-0.2, -0.15) is 0 Å². The Bertz CT molecular complexity index is 508. The Kier molecular flexibility index (Phi) is 4.67. The van der Waals surface area contributed by atoms with Crippen LogP contribution in [0.25, 0.3) is 0 Å². The maximum atomic E-state index is 12.6. The number of halogens is 2. The summed E-state index contributed by atoms with van der Waals surface area (Å²) in [4.78, 5) is 24.5. The van der Waals surface area contributed by atoms with Gasteiger partial charge in [0.15, 0.2) is 6.20 Å². The highest BCUT2D eigenvalue weighted by molar-refractivity contribution is 5.77. The molecule has 0 amide bonds. The van der Waals surface area contributed by atoms with Crippen molar-refractivity contribution in [1.82, 2.24) is 4.98 Å². The van der Waals surface area contributed by atoms with Crippen LogP contribution in [0.3, 0.4) is 0 Å². The molecule has 0 spiro atoms. The molecule has 0 fully saturated rings. The second-order valence-electron chi connectivity index (χ2n) is 3.47. The number of carbonyl (C=O) groups excluding carboxylic acids is 1. The molecule has 0 aliphatic heterocycles. The van der Waals surface area contributed by atoms with Crippen LogP contribution in [0.15, 0.2) is 6.20 Å². The van der Waals surface area contributed by atoms with Crippen LogP contribution in [-0.2, 0) is 16.0 Å². The molecular weight excluding hydrogens is 264 g/mol. The first-order chi connectivity index (χ1) is 8.88. The lowest BCUT2D eigenvalue weighted by Crippen LogP contribution is -2.13. The zero-order chi connectivity index (χ0) is 14.6. The van der Waals surface area contributed by atoms with Crippen molar-refractivity contribution in [3.8, 4) is 0 Å². The first-order valence-electron chi connectivity index (χ1n) is 5.23. The van der Waals surface area contributed by atoms with Crippen LogP contribution >= 0.6 is 0 Å². The fourth-order valence-corrected chi connectivity index (χ4v) is 1.43. The van der Waals surface area contributed by atoms with Gasteiger partial charge in [-0.1, -0.05) is 0 Å². The average Bonchev–Trinajstić information content (AvgIpc) is 2.31. The number of ether oxygens (including phenoxy) is 1. The van der Waals surface area contributed by atoms with E-state index in [0.29, 0.717) is 6.20 Å². The van der Waals surface area contributed by atoms with Crippen LogP contribution in [0, 0.1) is 10.1 Å². The van der Waals surface area contributed by atoms with Crippen molar-refractivity contribution in [2.24, 2.45) is 0 Å². The van der Waals surface area contributed by atoms with E-state index in [1.807, 2.05) is 0 Å². The Morgan fingerprint density at radius 2 is 2.26 bits per heavy atom. The Morgan fingerprint density at radius 1 is 1.63 bits per heavy atom. The second-order valence-corrected chi connectivity index (χ2v) is 3.47. The van der Waals surface area contributed by atoms with Gasteiger partial charge in [0, 0.05) is 0 Å². The summed E-state index contributed by atoms with van der Waals surface area (Å²) < 4.78 is 29.8. The lowest BCUT2D eigenvalue weighted by atomic mass is 10.1. The minimum absolute atomic E-state index is 0.0640. The van der Waals surface area contributed by atoms with Gasteiger partial charge in [-0.15, -0.1) is 0 Å². The van der Waals surface area contributed by atoms with Crippen molar-refractivity contribution in [2.45, 2.75) is 19.8 Å². The molecule has 9 heteroatoms. The number of hydrogen-bond acceptors (Lipinski definition) is 6. The SMILES string of the molecule is CCOC(=O)Cc1c([N+](=O)[O-])ncc(C(F)F)c1N. The maximum Gasteiger partial charge on any atom is 0.369 e. The Morgan fingerprint density at radius 3 is 2.74 bits per heavy atom. The van der Waals surface area contributed by atoms with E-state index in [0.717, 1.165) is 0 Å². The zero-order valence-electron chi connectivity index (χ0n) is 9.93. The summed E-state index contributed by atoms with van der Waals surface area (Å²) in [6, 6.07) is 0. The fourth-order valence-electron chi connectivity index (χ4n) is 1.43. The molecule has 0 saturated carbocycles. The number of hydrogen-bond donors (Lipinski definition) is 1. The van der Waals surface area contributed by atoms with Crippen molar-refractivity contribution in [1.29, 1.82) is 0 Å². The Labute approximate surface area is 106 Å². The van der Waals surface area contributed by atoms with Gasteiger partial charge in [-0.25, -0.2) is 8.78 Å². The molecule has 1 aromatic rings. The number of pyridine rings is 1. The molecular formula is C10H11F2N3O4. The maximum absolute atomic E-state index is 12.6. The monoisotopic (exact) mass is 275 g/mol. The smallest absolute Gasteiger partial charge is 0.369 e. The van der Waals surface area contributed by atoms with E-state index in [4.69, 9.17) is 5.73 Å². The van der Waals surface area contributed by atoms with Gasteiger partial charge in [0.05, 0.1) is 29.8 Å². The third kappa shape index (κ3) is 3.33. The van der Waals surface area contributed by atoms with E-state index in [1.165, 1.54) is 0 Å². The van der Waals surface area contributed by atoms with E-state index < -0.39 is 40.8 Å². The summed E-state index contributed by atoms with van der Waals surface area (Å²) in [6.45, 7) is 1.61. The summed E-state index contributed by atoms with van der Waals surface area (Å²) >= 11 is 0. The van der Waals surface area contributed by atoms with Gasteiger partial charge in [0.25, 0.3) is 6.43 Å². The lowest BCUT2D eigenvalue weighted by Gasteiger charge is -2.09. The largest absolute Gasteiger partial charge is 0.466 e. The summed E-state index contributed by atoms with van der Waals surface area (Å²) in [7, 11) is 0. The van der Waals surface area contributed by atoms with Crippen molar-refractivity contribution in [3.05, 3.63) is 27.4 Å². The van der Waals surface area contributed by atoms with Crippen molar-refractivity contribution in [3.63, 3.8) is 0 Å². The van der Waals surface area contributed by atoms with E-state index in [2.05, 4.69) is 9.72 Å². The molecule has 104 valence electrons. The van der Waals surface area contributed by atoms with Crippen molar-refractivity contribution >= 4 is 17.5 Å². The van der Waals surface area contributed by atoms with Gasteiger partial charge in [0.2, 0.25) is 0 Å². The van der Waals surface area contributed by atoms with Crippen LogP contribution in [-0.4, -0.2) is 22.5 Å². The van der Waals surface area contributed by atoms with E-state index in [9.17, 15) is 23.7 Å². The number of aromatic nitrogens is 1. The molecule has 19 heavy (non-hydrogen) atoms. The first kappa shape index (κ1) is 14.7. The molecule has 0 aliphatic rings. The standard InChI is InChI=1S/C10H11F2N3O4/c1-2-19-7(16)3-5-8(13)6(9(11)12)4-14-10(5)15(17)18/h4,9H,2-3H2,1H3,(H2,13,14). The quantitative estimate of drug-likeness (QED) is 0.497. The minimum atomic E-state index is -2.94. The van der Waals surface area contributed by atoms with Gasteiger partial charge >= 0.3 is 11.8 Å². The second kappa shape index (κ2) is 6.03. The molecule has 1 aromatic heterocycles. The summed E-state index contributed by atoms with van der Waals surface area (Å²) in [5.41, 5.74) is 3.92. The third-order valence-corrected chi connectivity index (χ3v) is 2.27. The normalized spacial score (nSPS) is 10.5. The number of alkyl halides is 2. The highest BCUT2D eigenvalue weighted by Gasteiger charge is 2.27. The van der Waals surface area contributed by atoms with Crippen molar-refractivity contribution < 1.29 is 23.2 Å². The summed E-state index contributed by atoms with van der Waals surface area (Å²) in [5.74, 6) is -1.53. The first-order valence-corrected chi connectivity index (χ1v) is 5.23. The number of nitrogens with zero attached hydrogens (tertiary/aromatic N) is 2. The molecule has 0 bridgehead atoms. The summed E-state index contributed by atoms with van der Waals surface area (Å²) in [6.07, 6.45) is -2.88.